The van der Waals surface area contributed by atoms with E-state index in [2.05, 4.69) is 39.7 Å². The van der Waals surface area contributed by atoms with Crippen LogP contribution in [0.2, 0.25) is 0 Å². The van der Waals surface area contributed by atoms with Crippen LogP contribution in [0.25, 0.3) is 0 Å². The highest BCUT2D eigenvalue weighted by molar-refractivity contribution is 5.79. The van der Waals surface area contributed by atoms with E-state index in [4.69, 9.17) is 0 Å². The molecule has 0 atom stereocenters. The van der Waals surface area contributed by atoms with Crippen LogP contribution in [0.5, 0.6) is 0 Å². The van der Waals surface area contributed by atoms with E-state index >= 15 is 0 Å². The van der Waals surface area contributed by atoms with Crippen molar-refractivity contribution in [1.82, 2.24) is 25.4 Å². The van der Waals surface area contributed by atoms with Gasteiger partial charge in [-0.3, -0.25) is 4.99 Å². The van der Waals surface area contributed by atoms with Crippen molar-refractivity contribution < 1.29 is 0 Å². The van der Waals surface area contributed by atoms with Crippen molar-refractivity contribution in [2.45, 2.75) is 52.5 Å². The molecule has 0 aliphatic carbocycles. The van der Waals surface area contributed by atoms with Crippen molar-refractivity contribution in [3.05, 3.63) is 12.7 Å². The van der Waals surface area contributed by atoms with Gasteiger partial charge in [-0.15, -0.1) is 10.2 Å². The summed E-state index contributed by atoms with van der Waals surface area (Å²) < 4.78 is 2.00. The Balaban J connectivity index is 1.98. The van der Waals surface area contributed by atoms with Crippen LogP contribution >= 0.6 is 0 Å². The molecule has 1 aromatic rings. The smallest absolute Gasteiger partial charge is 0.190 e. The first-order valence-corrected chi connectivity index (χ1v) is 7.99. The molecule has 2 N–H and O–H groups in total. The molecule has 0 saturated heterocycles. The summed E-state index contributed by atoms with van der Waals surface area (Å²) in [5.41, 5.74) is 0. The third-order valence-corrected chi connectivity index (χ3v) is 3.33. The van der Waals surface area contributed by atoms with E-state index in [1.54, 1.807) is 12.7 Å². The van der Waals surface area contributed by atoms with Gasteiger partial charge in [-0.1, -0.05) is 26.7 Å². The predicted molar refractivity (Wildman–Crippen MR) is 87.3 cm³/mol. The summed E-state index contributed by atoms with van der Waals surface area (Å²) in [6.45, 7) is 7.44. The van der Waals surface area contributed by atoms with Crippen LogP contribution in [-0.4, -0.2) is 40.9 Å². The van der Waals surface area contributed by atoms with E-state index in [1.165, 1.54) is 19.3 Å². The van der Waals surface area contributed by atoms with Crippen molar-refractivity contribution in [2.75, 3.05) is 20.1 Å². The number of aromatic nitrogens is 3. The first-order chi connectivity index (χ1) is 10.2. The van der Waals surface area contributed by atoms with Crippen LogP contribution < -0.4 is 10.6 Å². The van der Waals surface area contributed by atoms with Gasteiger partial charge < -0.3 is 15.2 Å². The summed E-state index contributed by atoms with van der Waals surface area (Å²) in [6.07, 6.45) is 9.50. The van der Waals surface area contributed by atoms with Gasteiger partial charge >= 0.3 is 0 Å². The van der Waals surface area contributed by atoms with Gasteiger partial charge in [-0.05, 0) is 25.2 Å². The maximum Gasteiger partial charge on any atom is 0.190 e. The number of hydrogen-bond donors (Lipinski definition) is 2. The number of rotatable bonds is 10. The lowest BCUT2D eigenvalue weighted by atomic mass is 10.1. The largest absolute Gasteiger partial charge is 0.356 e. The Kier molecular flexibility index (Phi) is 9.24. The van der Waals surface area contributed by atoms with Crippen LogP contribution in [0, 0.1) is 5.92 Å². The van der Waals surface area contributed by atoms with Gasteiger partial charge in [-0.25, -0.2) is 0 Å². The average Bonchev–Trinajstić information content (AvgIpc) is 2.97. The Labute approximate surface area is 128 Å². The molecular weight excluding hydrogens is 264 g/mol. The van der Waals surface area contributed by atoms with Gasteiger partial charge in [0.25, 0.3) is 0 Å². The zero-order valence-corrected chi connectivity index (χ0v) is 13.7. The van der Waals surface area contributed by atoms with E-state index < -0.39 is 0 Å². The highest BCUT2D eigenvalue weighted by atomic mass is 15.2. The highest BCUT2D eigenvalue weighted by Gasteiger charge is 1.98. The predicted octanol–water partition coefficient (Wildman–Crippen LogP) is 2.05. The van der Waals surface area contributed by atoms with Crippen LogP contribution in [-0.2, 0) is 6.54 Å². The van der Waals surface area contributed by atoms with Crippen LogP contribution in [0.15, 0.2) is 17.6 Å². The molecule has 0 unspecified atom stereocenters. The van der Waals surface area contributed by atoms with Crippen LogP contribution in [0.1, 0.15) is 46.0 Å². The average molecular weight is 294 g/mol. The van der Waals surface area contributed by atoms with Gasteiger partial charge in [0, 0.05) is 26.7 Å². The first kappa shape index (κ1) is 17.5. The lowest BCUT2D eigenvalue weighted by Crippen LogP contribution is -2.38. The number of unbranched alkanes of at least 4 members (excludes halogenated alkanes) is 2. The van der Waals surface area contributed by atoms with E-state index in [0.717, 1.165) is 44.4 Å². The molecule has 21 heavy (non-hydrogen) atoms. The second-order valence-electron chi connectivity index (χ2n) is 5.72. The summed E-state index contributed by atoms with van der Waals surface area (Å²) >= 11 is 0. The van der Waals surface area contributed by atoms with Gasteiger partial charge in [0.1, 0.15) is 12.7 Å². The number of nitrogens with zero attached hydrogens (tertiary/aromatic N) is 4. The molecule has 0 amide bonds. The molecule has 0 bridgehead atoms. The topological polar surface area (TPSA) is 67.1 Å². The second kappa shape index (κ2) is 11.1. The fourth-order valence-electron chi connectivity index (χ4n) is 2.07. The summed E-state index contributed by atoms with van der Waals surface area (Å²) in [5.74, 6) is 1.71. The Morgan fingerprint density at radius 3 is 2.24 bits per heavy atom. The minimum atomic E-state index is 0.799. The summed E-state index contributed by atoms with van der Waals surface area (Å²) in [5, 5.41) is 14.3. The van der Waals surface area contributed by atoms with Gasteiger partial charge in [-0.2, -0.15) is 0 Å². The standard InChI is InChI=1S/C15H30N6/c1-14(2)8-4-5-9-17-15(16-3)18-10-6-7-11-21-12-19-20-13-21/h12-14H,4-11H2,1-3H3,(H2,16,17,18). The number of hydrogen-bond acceptors (Lipinski definition) is 3. The van der Waals surface area contributed by atoms with E-state index in [9.17, 15) is 0 Å². The lowest BCUT2D eigenvalue weighted by Gasteiger charge is -2.12. The van der Waals surface area contributed by atoms with Crippen molar-refractivity contribution in [3.63, 3.8) is 0 Å². The fraction of sp³-hybridized carbons (Fsp3) is 0.800. The number of nitrogens with one attached hydrogen (secondary N) is 2. The molecular formula is C15H30N6. The van der Waals surface area contributed by atoms with Crippen molar-refractivity contribution >= 4 is 5.96 Å². The van der Waals surface area contributed by atoms with E-state index in [1.807, 2.05) is 11.6 Å². The molecule has 120 valence electrons. The Bertz CT molecular complexity index is 372. The first-order valence-electron chi connectivity index (χ1n) is 7.99. The lowest BCUT2D eigenvalue weighted by molar-refractivity contribution is 0.534. The maximum atomic E-state index is 4.24. The molecule has 6 nitrogen and oxygen atoms in total. The number of aryl methyl sites for hydroxylation is 1. The van der Waals surface area contributed by atoms with E-state index in [0.29, 0.717) is 0 Å². The fourth-order valence-corrected chi connectivity index (χ4v) is 2.07. The summed E-state index contributed by atoms with van der Waals surface area (Å²) in [7, 11) is 1.82. The third kappa shape index (κ3) is 9.05. The number of guanidine groups is 1. The molecule has 1 heterocycles. The normalized spacial score (nSPS) is 11.9. The Morgan fingerprint density at radius 1 is 1.05 bits per heavy atom. The minimum Gasteiger partial charge on any atom is -0.356 e. The SMILES string of the molecule is CN=C(NCCCCC(C)C)NCCCCn1cnnc1. The Hall–Kier alpha value is -1.59. The molecule has 1 aromatic heterocycles. The molecule has 0 aromatic carbocycles. The van der Waals surface area contributed by atoms with Gasteiger partial charge in [0.15, 0.2) is 5.96 Å². The van der Waals surface area contributed by atoms with Gasteiger partial charge in [0.2, 0.25) is 0 Å². The van der Waals surface area contributed by atoms with Crippen LogP contribution in [0.3, 0.4) is 0 Å². The zero-order chi connectivity index (χ0) is 15.3. The monoisotopic (exact) mass is 294 g/mol. The molecule has 0 spiro atoms. The van der Waals surface area contributed by atoms with Crippen molar-refractivity contribution in [1.29, 1.82) is 0 Å². The van der Waals surface area contributed by atoms with Gasteiger partial charge in [0.05, 0.1) is 0 Å². The third-order valence-electron chi connectivity index (χ3n) is 3.33. The molecule has 0 fully saturated rings. The molecule has 0 saturated carbocycles. The molecule has 0 aliphatic rings. The second-order valence-corrected chi connectivity index (χ2v) is 5.72. The minimum absolute atomic E-state index is 0.799. The molecule has 1 rings (SSSR count). The van der Waals surface area contributed by atoms with Crippen molar-refractivity contribution in [3.8, 4) is 0 Å². The van der Waals surface area contributed by atoms with Crippen molar-refractivity contribution in [2.24, 2.45) is 10.9 Å². The summed E-state index contributed by atoms with van der Waals surface area (Å²) in [6, 6.07) is 0. The number of aliphatic imine (C=N–C) groups is 1. The Morgan fingerprint density at radius 2 is 1.67 bits per heavy atom. The van der Waals surface area contributed by atoms with Crippen LogP contribution in [0.4, 0.5) is 0 Å². The quantitative estimate of drug-likeness (QED) is 0.394. The summed E-state index contributed by atoms with van der Waals surface area (Å²) in [4.78, 5) is 4.24. The maximum absolute atomic E-state index is 4.24. The van der Waals surface area contributed by atoms with E-state index in [-0.39, 0.29) is 0 Å². The molecule has 0 radical (unpaired) electrons. The zero-order valence-electron chi connectivity index (χ0n) is 13.7. The molecule has 6 heteroatoms. The highest BCUT2D eigenvalue weighted by Crippen LogP contribution is 2.04. The molecule has 0 aliphatic heterocycles.